The van der Waals surface area contributed by atoms with Crippen LogP contribution in [-0.4, -0.2) is 17.8 Å². The Morgan fingerprint density at radius 2 is 2.00 bits per heavy atom. The predicted molar refractivity (Wildman–Crippen MR) is 58.4 cm³/mol. The van der Waals surface area contributed by atoms with Gasteiger partial charge in [-0.2, -0.15) is 8.78 Å². The first-order valence-corrected chi connectivity index (χ1v) is 4.91. The summed E-state index contributed by atoms with van der Waals surface area (Å²) >= 11 is 0. The maximum absolute atomic E-state index is 12.1. The Morgan fingerprint density at radius 3 is 2.56 bits per heavy atom. The molecule has 0 aliphatic carbocycles. The van der Waals surface area contributed by atoms with Gasteiger partial charge in [-0.1, -0.05) is 18.2 Å². The van der Waals surface area contributed by atoms with Crippen molar-refractivity contribution in [2.45, 2.75) is 26.6 Å². The van der Waals surface area contributed by atoms with Crippen molar-refractivity contribution in [1.82, 2.24) is 0 Å². The molecule has 1 rings (SSSR count). The van der Waals surface area contributed by atoms with E-state index in [0.29, 0.717) is 11.1 Å². The quantitative estimate of drug-likeness (QED) is 0.858. The highest BCUT2D eigenvalue weighted by Gasteiger charge is 2.08. The normalized spacial score (nSPS) is 14.0. The van der Waals surface area contributed by atoms with Gasteiger partial charge in [0.15, 0.2) is 0 Å². The Morgan fingerprint density at radius 1 is 1.38 bits per heavy atom. The van der Waals surface area contributed by atoms with E-state index < -0.39 is 12.7 Å². The number of para-hydroxylation sites is 1. The van der Waals surface area contributed by atoms with Crippen molar-refractivity contribution < 1.29 is 18.6 Å². The van der Waals surface area contributed by atoms with E-state index in [1.807, 2.05) is 0 Å². The van der Waals surface area contributed by atoms with Crippen molar-refractivity contribution in [3.8, 4) is 5.75 Å². The van der Waals surface area contributed by atoms with Crippen molar-refractivity contribution in [1.29, 1.82) is 0 Å². The summed E-state index contributed by atoms with van der Waals surface area (Å²) in [5.74, 6) is 0.109. The number of hydrogen-bond acceptors (Lipinski definition) is 2. The lowest BCUT2D eigenvalue weighted by atomic mass is 10.1. The molecule has 0 aromatic heterocycles. The van der Waals surface area contributed by atoms with Crippen molar-refractivity contribution >= 4 is 6.08 Å². The average Bonchev–Trinajstić information content (AvgIpc) is 2.20. The number of ether oxygens (including phenoxy) is 1. The van der Waals surface area contributed by atoms with Gasteiger partial charge in [-0.25, -0.2) is 0 Å². The minimum absolute atomic E-state index is 0.109. The van der Waals surface area contributed by atoms with Gasteiger partial charge in [0, 0.05) is 5.56 Å². The summed E-state index contributed by atoms with van der Waals surface area (Å²) in [5.41, 5.74) is 1.21. The smallest absolute Gasteiger partial charge is 0.387 e. The Labute approximate surface area is 93.2 Å². The molecule has 0 aliphatic heterocycles. The molecular weight excluding hydrogens is 214 g/mol. The van der Waals surface area contributed by atoms with Gasteiger partial charge in [0.2, 0.25) is 0 Å². The zero-order valence-electron chi connectivity index (χ0n) is 9.15. The second-order valence-corrected chi connectivity index (χ2v) is 3.48. The first kappa shape index (κ1) is 12.6. The number of hydrogen-bond donors (Lipinski definition) is 1. The lowest BCUT2D eigenvalue weighted by Gasteiger charge is -2.09. The van der Waals surface area contributed by atoms with Gasteiger partial charge in [0.1, 0.15) is 5.75 Å². The third-order valence-corrected chi connectivity index (χ3v) is 2.18. The molecule has 0 aliphatic rings. The number of alkyl halides is 2. The average molecular weight is 228 g/mol. The zero-order chi connectivity index (χ0) is 12.1. The van der Waals surface area contributed by atoms with Crippen LogP contribution in [0.3, 0.4) is 0 Å². The third-order valence-electron chi connectivity index (χ3n) is 2.18. The molecule has 1 aromatic rings. The lowest BCUT2D eigenvalue weighted by Crippen LogP contribution is -2.04. The summed E-state index contributed by atoms with van der Waals surface area (Å²) in [7, 11) is 0. The van der Waals surface area contributed by atoms with Crippen molar-refractivity contribution in [3.63, 3.8) is 0 Å². The molecule has 0 heterocycles. The Kier molecular flexibility index (Phi) is 4.43. The van der Waals surface area contributed by atoms with Crippen LogP contribution in [-0.2, 0) is 0 Å². The van der Waals surface area contributed by atoms with Gasteiger partial charge < -0.3 is 9.84 Å². The van der Waals surface area contributed by atoms with Crippen molar-refractivity contribution in [3.05, 3.63) is 35.4 Å². The first-order valence-electron chi connectivity index (χ1n) is 4.91. The fourth-order valence-corrected chi connectivity index (χ4v) is 1.17. The molecule has 4 heteroatoms. The number of rotatable bonds is 4. The molecule has 0 saturated heterocycles. The van der Waals surface area contributed by atoms with E-state index in [-0.39, 0.29) is 5.75 Å². The fraction of sp³-hybridized carbons (Fsp3) is 0.333. The summed E-state index contributed by atoms with van der Waals surface area (Å²) in [6.45, 7) is 0.494. The molecule has 1 atom stereocenters. The number of benzene rings is 1. The van der Waals surface area contributed by atoms with Crippen LogP contribution in [0.15, 0.2) is 29.8 Å². The maximum Gasteiger partial charge on any atom is 0.387 e. The molecule has 0 fully saturated rings. The van der Waals surface area contributed by atoms with Crippen LogP contribution >= 0.6 is 0 Å². The van der Waals surface area contributed by atoms with Crippen LogP contribution in [0.4, 0.5) is 8.78 Å². The lowest BCUT2D eigenvalue weighted by molar-refractivity contribution is -0.0499. The second kappa shape index (κ2) is 5.61. The number of aliphatic hydroxyl groups is 1. The molecule has 1 aromatic carbocycles. The highest BCUT2D eigenvalue weighted by atomic mass is 19.3. The molecule has 0 radical (unpaired) electrons. The van der Waals surface area contributed by atoms with Crippen LogP contribution in [0, 0.1) is 0 Å². The molecule has 0 spiro atoms. The van der Waals surface area contributed by atoms with E-state index in [4.69, 9.17) is 0 Å². The van der Waals surface area contributed by atoms with Gasteiger partial charge in [-0.15, -0.1) is 0 Å². The summed E-state index contributed by atoms with van der Waals surface area (Å²) in [5, 5.41) is 9.30. The Bertz CT molecular complexity index is 373. The molecule has 0 bridgehead atoms. The minimum atomic E-state index is -2.85. The van der Waals surface area contributed by atoms with Crippen LogP contribution in [0.2, 0.25) is 0 Å². The molecule has 16 heavy (non-hydrogen) atoms. The van der Waals surface area contributed by atoms with Crippen LogP contribution in [0.5, 0.6) is 5.75 Å². The first-order chi connectivity index (χ1) is 7.50. The van der Waals surface area contributed by atoms with E-state index in [0.717, 1.165) is 0 Å². The SMILES string of the molecule is C/C(=C\c1ccccc1OC(F)F)C(C)O. The molecule has 88 valence electrons. The third kappa shape index (κ3) is 3.62. The number of halogens is 2. The van der Waals surface area contributed by atoms with Gasteiger partial charge >= 0.3 is 6.61 Å². The molecule has 2 nitrogen and oxygen atoms in total. The van der Waals surface area contributed by atoms with Gasteiger partial charge in [-0.05, 0) is 31.6 Å². The Balaban J connectivity index is 2.99. The molecule has 1 N–H and O–H groups in total. The number of aliphatic hydroxyl groups excluding tert-OH is 1. The van der Waals surface area contributed by atoms with E-state index >= 15 is 0 Å². The summed E-state index contributed by atoms with van der Waals surface area (Å²) in [6.07, 6.45) is 1.02. The van der Waals surface area contributed by atoms with Crippen molar-refractivity contribution in [2.24, 2.45) is 0 Å². The van der Waals surface area contributed by atoms with Crippen LogP contribution in [0.25, 0.3) is 6.08 Å². The van der Waals surface area contributed by atoms with Crippen LogP contribution in [0.1, 0.15) is 19.4 Å². The van der Waals surface area contributed by atoms with E-state index in [2.05, 4.69) is 4.74 Å². The standard InChI is InChI=1S/C12H14F2O2/c1-8(9(2)15)7-10-5-3-4-6-11(10)16-12(13)14/h3-7,9,12,15H,1-2H3/b8-7+. The summed E-state index contributed by atoms with van der Waals surface area (Å²) < 4.78 is 28.6. The largest absolute Gasteiger partial charge is 0.434 e. The molecule has 0 saturated carbocycles. The molecular formula is C12H14F2O2. The Hall–Kier alpha value is -1.42. The second-order valence-electron chi connectivity index (χ2n) is 3.48. The van der Waals surface area contributed by atoms with E-state index in [9.17, 15) is 13.9 Å². The van der Waals surface area contributed by atoms with Crippen molar-refractivity contribution in [2.75, 3.05) is 0 Å². The monoisotopic (exact) mass is 228 g/mol. The van der Waals surface area contributed by atoms with E-state index in [1.54, 1.807) is 38.1 Å². The highest BCUT2D eigenvalue weighted by molar-refractivity contribution is 5.59. The van der Waals surface area contributed by atoms with E-state index in [1.165, 1.54) is 6.07 Å². The molecule has 0 amide bonds. The summed E-state index contributed by atoms with van der Waals surface area (Å²) in [4.78, 5) is 0. The van der Waals surface area contributed by atoms with Crippen LogP contribution < -0.4 is 4.74 Å². The van der Waals surface area contributed by atoms with Gasteiger partial charge in [0.25, 0.3) is 0 Å². The zero-order valence-corrected chi connectivity index (χ0v) is 9.15. The highest BCUT2D eigenvalue weighted by Crippen LogP contribution is 2.23. The fourth-order valence-electron chi connectivity index (χ4n) is 1.17. The predicted octanol–water partition coefficient (Wildman–Crippen LogP) is 3.07. The molecule has 1 unspecified atom stereocenters. The maximum atomic E-state index is 12.1. The minimum Gasteiger partial charge on any atom is -0.434 e. The topological polar surface area (TPSA) is 29.5 Å². The van der Waals surface area contributed by atoms with Gasteiger partial charge in [0.05, 0.1) is 6.10 Å². The summed E-state index contributed by atoms with van der Waals surface area (Å²) in [6, 6.07) is 6.46. The van der Waals surface area contributed by atoms with Gasteiger partial charge in [-0.3, -0.25) is 0 Å².